The van der Waals surface area contributed by atoms with Gasteiger partial charge in [0.2, 0.25) is 10.0 Å². The minimum absolute atomic E-state index is 0.0562. The summed E-state index contributed by atoms with van der Waals surface area (Å²) >= 11 is 0. The summed E-state index contributed by atoms with van der Waals surface area (Å²) in [6.45, 7) is 8.19. The highest BCUT2D eigenvalue weighted by molar-refractivity contribution is 7.89. The molecule has 2 atom stereocenters. The van der Waals surface area contributed by atoms with Crippen LogP contribution in [0, 0.1) is 6.92 Å². The van der Waals surface area contributed by atoms with Crippen molar-refractivity contribution >= 4 is 10.0 Å². The summed E-state index contributed by atoms with van der Waals surface area (Å²) in [6, 6.07) is 4.77. The summed E-state index contributed by atoms with van der Waals surface area (Å²) in [4.78, 5) is 0.318. The van der Waals surface area contributed by atoms with Crippen molar-refractivity contribution in [3.63, 3.8) is 0 Å². The number of nitrogens with zero attached hydrogens (tertiary/aromatic N) is 1. The largest absolute Gasteiger partial charge is 0.491 e. The van der Waals surface area contributed by atoms with Gasteiger partial charge in [0.25, 0.3) is 0 Å². The molecule has 2 unspecified atom stereocenters. The molecule has 1 fully saturated rings. The Morgan fingerprint density at radius 1 is 1.26 bits per heavy atom. The lowest BCUT2D eigenvalue weighted by Gasteiger charge is -2.37. The van der Waals surface area contributed by atoms with E-state index in [1.54, 1.807) is 22.5 Å². The highest BCUT2D eigenvalue weighted by Gasteiger charge is 2.35. The van der Waals surface area contributed by atoms with Gasteiger partial charge < -0.3 is 10.5 Å². The number of rotatable bonds is 5. The molecule has 23 heavy (non-hydrogen) atoms. The fraction of sp³-hybridized carbons (Fsp3) is 0.647. The standard InChI is InChI=1S/C17H28N2O3S/c1-12(2)22-17-9-8-15(11-13(17)3)23(20,21)19-10-6-5-7-16(19)14(4)18/h8-9,11-12,14,16H,5-7,10,18H2,1-4H3. The first-order valence-corrected chi connectivity index (χ1v) is 9.72. The average Bonchev–Trinajstić information content (AvgIpc) is 2.48. The normalized spacial score (nSPS) is 21.4. The Morgan fingerprint density at radius 3 is 2.52 bits per heavy atom. The van der Waals surface area contributed by atoms with Crippen molar-refractivity contribution in [3.05, 3.63) is 23.8 Å². The number of hydrogen-bond donors (Lipinski definition) is 1. The van der Waals surface area contributed by atoms with Crippen molar-refractivity contribution < 1.29 is 13.2 Å². The van der Waals surface area contributed by atoms with E-state index >= 15 is 0 Å². The molecule has 2 N–H and O–H groups in total. The van der Waals surface area contributed by atoms with Crippen LogP contribution in [-0.2, 0) is 10.0 Å². The van der Waals surface area contributed by atoms with Crippen LogP contribution in [0.15, 0.2) is 23.1 Å². The SMILES string of the molecule is Cc1cc(S(=O)(=O)N2CCCCC2C(C)N)ccc1OC(C)C. The number of aryl methyl sites for hydroxylation is 1. The molecule has 0 aromatic heterocycles. The summed E-state index contributed by atoms with van der Waals surface area (Å²) in [6.07, 6.45) is 2.79. The topological polar surface area (TPSA) is 72.6 Å². The van der Waals surface area contributed by atoms with Gasteiger partial charge in [0, 0.05) is 18.6 Å². The second kappa shape index (κ2) is 7.20. The van der Waals surface area contributed by atoms with Crippen LogP contribution in [0.2, 0.25) is 0 Å². The highest BCUT2D eigenvalue weighted by Crippen LogP contribution is 2.29. The molecule has 1 aliphatic heterocycles. The third-order valence-corrected chi connectivity index (χ3v) is 6.14. The fourth-order valence-electron chi connectivity index (χ4n) is 3.06. The average molecular weight is 340 g/mol. The van der Waals surface area contributed by atoms with Crippen LogP contribution in [0.5, 0.6) is 5.75 Å². The molecule has 0 radical (unpaired) electrons. The van der Waals surface area contributed by atoms with Gasteiger partial charge >= 0.3 is 0 Å². The molecule has 1 aromatic carbocycles. The van der Waals surface area contributed by atoms with E-state index in [0.717, 1.165) is 30.6 Å². The monoisotopic (exact) mass is 340 g/mol. The minimum Gasteiger partial charge on any atom is -0.491 e. The van der Waals surface area contributed by atoms with Gasteiger partial charge in [0.1, 0.15) is 5.75 Å². The highest BCUT2D eigenvalue weighted by atomic mass is 32.2. The van der Waals surface area contributed by atoms with Gasteiger partial charge in [-0.15, -0.1) is 0 Å². The summed E-state index contributed by atoms with van der Waals surface area (Å²) in [5, 5.41) is 0. The lowest BCUT2D eigenvalue weighted by Crippen LogP contribution is -2.51. The van der Waals surface area contributed by atoms with E-state index in [1.165, 1.54) is 0 Å². The Labute approximate surface area is 139 Å². The van der Waals surface area contributed by atoms with Crippen LogP contribution >= 0.6 is 0 Å². The predicted molar refractivity (Wildman–Crippen MR) is 92.1 cm³/mol. The van der Waals surface area contributed by atoms with Crippen molar-refractivity contribution in [2.24, 2.45) is 5.73 Å². The third-order valence-electron chi connectivity index (χ3n) is 4.22. The van der Waals surface area contributed by atoms with E-state index < -0.39 is 10.0 Å². The quantitative estimate of drug-likeness (QED) is 0.894. The maximum atomic E-state index is 13.0. The molecule has 0 saturated carbocycles. The number of piperidine rings is 1. The number of hydrogen-bond acceptors (Lipinski definition) is 4. The molecule has 1 saturated heterocycles. The van der Waals surface area contributed by atoms with Crippen LogP contribution in [0.3, 0.4) is 0 Å². The van der Waals surface area contributed by atoms with Crippen molar-refractivity contribution in [3.8, 4) is 5.75 Å². The number of ether oxygens (including phenoxy) is 1. The Bertz CT molecular complexity index is 641. The van der Waals surface area contributed by atoms with Crippen molar-refractivity contribution in [1.82, 2.24) is 4.31 Å². The van der Waals surface area contributed by atoms with Gasteiger partial charge in [-0.2, -0.15) is 4.31 Å². The molecule has 0 amide bonds. The van der Waals surface area contributed by atoms with Crippen LogP contribution in [0.25, 0.3) is 0 Å². The lowest BCUT2D eigenvalue weighted by atomic mass is 10.00. The molecule has 0 spiro atoms. The van der Waals surface area contributed by atoms with E-state index in [2.05, 4.69) is 0 Å². The number of sulfonamides is 1. The van der Waals surface area contributed by atoms with Crippen LogP contribution < -0.4 is 10.5 Å². The first-order valence-electron chi connectivity index (χ1n) is 8.28. The summed E-state index contributed by atoms with van der Waals surface area (Å²) in [5.41, 5.74) is 6.84. The predicted octanol–water partition coefficient (Wildman–Crippen LogP) is 2.67. The zero-order valence-corrected chi connectivity index (χ0v) is 15.3. The molecule has 6 heteroatoms. The van der Waals surface area contributed by atoms with Gasteiger partial charge in [-0.1, -0.05) is 6.42 Å². The van der Waals surface area contributed by atoms with Gasteiger partial charge in [-0.05, 0) is 64.3 Å². The third kappa shape index (κ3) is 4.05. The zero-order valence-electron chi connectivity index (χ0n) is 14.5. The van der Waals surface area contributed by atoms with Crippen molar-refractivity contribution in [2.75, 3.05) is 6.54 Å². The number of nitrogens with two attached hydrogens (primary N) is 1. The second-order valence-electron chi connectivity index (χ2n) is 6.63. The van der Waals surface area contributed by atoms with Crippen LogP contribution in [0.4, 0.5) is 0 Å². The number of benzene rings is 1. The maximum absolute atomic E-state index is 13.0. The van der Waals surface area contributed by atoms with Gasteiger partial charge in [-0.25, -0.2) is 8.42 Å². The first-order chi connectivity index (χ1) is 10.7. The van der Waals surface area contributed by atoms with E-state index in [9.17, 15) is 8.42 Å². The first kappa shape index (κ1) is 18.2. The molecular weight excluding hydrogens is 312 g/mol. The molecule has 1 aliphatic rings. The molecule has 1 heterocycles. The van der Waals surface area contributed by atoms with Crippen LogP contribution in [0.1, 0.15) is 45.6 Å². The maximum Gasteiger partial charge on any atom is 0.243 e. The Hall–Kier alpha value is -1.11. The summed E-state index contributed by atoms with van der Waals surface area (Å²) in [5.74, 6) is 0.723. The van der Waals surface area contributed by atoms with Gasteiger partial charge in [-0.3, -0.25) is 0 Å². The van der Waals surface area contributed by atoms with E-state index in [-0.39, 0.29) is 18.2 Å². The van der Waals surface area contributed by atoms with E-state index in [4.69, 9.17) is 10.5 Å². The van der Waals surface area contributed by atoms with E-state index in [1.807, 2.05) is 27.7 Å². The molecule has 2 rings (SSSR count). The summed E-state index contributed by atoms with van der Waals surface area (Å²) in [7, 11) is -3.53. The van der Waals surface area contributed by atoms with Gasteiger partial charge in [0.15, 0.2) is 0 Å². The van der Waals surface area contributed by atoms with Crippen molar-refractivity contribution in [2.45, 2.75) is 70.0 Å². The Balaban J connectivity index is 2.33. The molecular formula is C17H28N2O3S. The molecule has 0 aliphatic carbocycles. The van der Waals surface area contributed by atoms with E-state index in [0.29, 0.717) is 11.4 Å². The second-order valence-corrected chi connectivity index (χ2v) is 8.52. The lowest BCUT2D eigenvalue weighted by molar-refractivity contribution is 0.227. The minimum atomic E-state index is -3.53. The molecule has 0 bridgehead atoms. The Kier molecular flexibility index (Phi) is 5.70. The van der Waals surface area contributed by atoms with Crippen LogP contribution in [-0.4, -0.2) is 37.5 Å². The molecule has 130 valence electrons. The zero-order chi connectivity index (χ0) is 17.2. The fourth-order valence-corrected chi connectivity index (χ4v) is 4.92. The summed E-state index contributed by atoms with van der Waals surface area (Å²) < 4.78 is 33.3. The Morgan fingerprint density at radius 2 is 1.96 bits per heavy atom. The smallest absolute Gasteiger partial charge is 0.243 e. The van der Waals surface area contributed by atoms with Crippen molar-refractivity contribution in [1.29, 1.82) is 0 Å². The molecule has 5 nitrogen and oxygen atoms in total. The van der Waals surface area contributed by atoms with Gasteiger partial charge in [0.05, 0.1) is 11.0 Å². The molecule has 1 aromatic rings.